The fraction of sp³-hybridized carbons (Fsp3) is 0.692. The quantitative estimate of drug-likeness (QED) is 0.355. The van der Waals surface area contributed by atoms with E-state index < -0.39 is 6.61 Å². The Bertz CT molecular complexity index is 614. The predicted octanol–water partition coefficient (Wildman–Crippen LogP) is 8.64. The van der Waals surface area contributed by atoms with E-state index in [1.807, 2.05) is 12.1 Å². The monoisotopic (exact) mass is 404 g/mol. The minimum absolute atomic E-state index is 0.236. The SMILES string of the molecule is CCCCCCC[C@H]1CC[C@H](C2CC=C(c3ccc(OC(F)F)cc3)CC2)CC1. The minimum atomic E-state index is -2.76. The molecular weight excluding hydrogens is 366 g/mol. The molecule has 0 N–H and O–H groups in total. The van der Waals surface area contributed by atoms with Gasteiger partial charge in [0, 0.05) is 0 Å². The van der Waals surface area contributed by atoms with Gasteiger partial charge in [-0.15, -0.1) is 0 Å². The number of benzene rings is 1. The first-order valence-electron chi connectivity index (χ1n) is 11.9. The zero-order chi connectivity index (χ0) is 20.5. The maximum atomic E-state index is 12.3. The molecule has 3 rings (SSSR count). The summed E-state index contributed by atoms with van der Waals surface area (Å²) >= 11 is 0. The molecule has 1 saturated carbocycles. The molecule has 1 aromatic rings. The number of alkyl halides is 2. The molecule has 1 nitrogen and oxygen atoms in total. The molecule has 2 aliphatic carbocycles. The van der Waals surface area contributed by atoms with Crippen LogP contribution in [-0.4, -0.2) is 6.61 Å². The van der Waals surface area contributed by atoms with E-state index in [-0.39, 0.29) is 5.75 Å². The number of hydrogen-bond acceptors (Lipinski definition) is 1. The summed E-state index contributed by atoms with van der Waals surface area (Å²) < 4.78 is 29.0. The molecule has 29 heavy (non-hydrogen) atoms. The summed E-state index contributed by atoms with van der Waals surface area (Å²) in [5, 5.41) is 0. The molecule has 162 valence electrons. The zero-order valence-electron chi connectivity index (χ0n) is 18.1. The summed E-state index contributed by atoms with van der Waals surface area (Å²) in [7, 11) is 0. The maximum absolute atomic E-state index is 12.3. The van der Waals surface area contributed by atoms with Gasteiger partial charge in [-0.2, -0.15) is 8.78 Å². The Morgan fingerprint density at radius 2 is 1.62 bits per heavy atom. The van der Waals surface area contributed by atoms with Gasteiger partial charge in [0.2, 0.25) is 0 Å². The number of allylic oxidation sites excluding steroid dienone is 2. The van der Waals surface area contributed by atoms with E-state index in [1.54, 1.807) is 12.1 Å². The lowest BCUT2D eigenvalue weighted by Crippen LogP contribution is -2.23. The molecule has 0 radical (unpaired) electrons. The van der Waals surface area contributed by atoms with Crippen molar-refractivity contribution in [1.82, 2.24) is 0 Å². The lowest BCUT2D eigenvalue weighted by molar-refractivity contribution is -0.0498. The average Bonchev–Trinajstić information content (AvgIpc) is 2.74. The van der Waals surface area contributed by atoms with E-state index in [4.69, 9.17) is 0 Å². The second-order valence-corrected chi connectivity index (χ2v) is 9.15. The van der Waals surface area contributed by atoms with Crippen LogP contribution in [0.3, 0.4) is 0 Å². The summed E-state index contributed by atoms with van der Waals surface area (Å²) in [6.45, 7) is -0.474. The number of hydrogen-bond donors (Lipinski definition) is 0. The number of unbranched alkanes of at least 4 members (excludes halogenated alkanes) is 4. The van der Waals surface area contributed by atoms with Crippen molar-refractivity contribution in [2.45, 2.75) is 97.0 Å². The summed E-state index contributed by atoms with van der Waals surface area (Å²) in [6.07, 6.45) is 20.2. The van der Waals surface area contributed by atoms with E-state index in [1.165, 1.54) is 82.6 Å². The molecular formula is C26H38F2O. The Balaban J connectivity index is 1.40. The first-order chi connectivity index (χ1) is 14.2. The number of halogens is 2. The third kappa shape index (κ3) is 7.12. The van der Waals surface area contributed by atoms with Gasteiger partial charge in [0.15, 0.2) is 0 Å². The molecule has 0 aliphatic heterocycles. The van der Waals surface area contributed by atoms with Gasteiger partial charge in [-0.05, 0) is 73.1 Å². The number of rotatable bonds is 10. The van der Waals surface area contributed by atoms with Gasteiger partial charge >= 0.3 is 6.61 Å². The summed E-state index contributed by atoms with van der Waals surface area (Å²) in [5.41, 5.74) is 2.52. The van der Waals surface area contributed by atoms with Crippen LogP contribution in [0.25, 0.3) is 5.57 Å². The van der Waals surface area contributed by atoms with Crippen LogP contribution in [0.4, 0.5) is 8.78 Å². The Morgan fingerprint density at radius 3 is 2.24 bits per heavy atom. The van der Waals surface area contributed by atoms with Crippen LogP contribution in [-0.2, 0) is 0 Å². The second-order valence-electron chi connectivity index (χ2n) is 9.15. The van der Waals surface area contributed by atoms with Gasteiger partial charge in [0.1, 0.15) is 5.75 Å². The van der Waals surface area contributed by atoms with Crippen molar-refractivity contribution in [3.63, 3.8) is 0 Å². The highest BCUT2D eigenvalue weighted by atomic mass is 19.3. The van der Waals surface area contributed by atoms with Crippen LogP contribution >= 0.6 is 0 Å². The Morgan fingerprint density at radius 1 is 0.897 bits per heavy atom. The van der Waals surface area contributed by atoms with Crippen molar-refractivity contribution in [1.29, 1.82) is 0 Å². The Hall–Kier alpha value is -1.38. The van der Waals surface area contributed by atoms with Crippen molar-refractivity contribution in [2.24, 2.45) is 17.8 Å². The van der Waals surface area contributed by atoms with Crippen molar-refractivity contribution < 1.29 is 13.5 Å². The van der Waals surface area contributed by atoms with E-state index in [0.717, 1.165) is 29.7 Å². The fourth-order valence-corrected chi connectivity index (χ4v) is 5.38. The Labute approximate surface area is 175 Å². The van der Waals surface area contributed by atoms with Crippen LogP contribution in [0, 0.1) is 17.8 Å². The molecule has 3 heteroatoms. The molecule has 0 spiro atoms. The van der Waals surface area contributed by atoms with Crippen LogP contribution in [0.5, 0.6) is 5.75 Å². The molecule has 1 aromatic carbocycles. The fourth-order valence-electron chi connectivity index (χ4n) is 5.38. The van der Waals surface area contributed by atoms with Crippen LogP contribution in [0.1, 0.15) is 96.0 Å². The molecule has 0 amide bonds. The van der Waals surface area contributed by atoms with E-state index in [0.29, 0.717) is 0 Å². The minimum Gasteiger partial charge on any atom is -0.435 e. The van der Waals surface area contributed by atoms with Gasteiger partial charge in [-0.1, -0.05) is 76.5 Å². The first-order valence-corrected chi connectivity index (χ1v) is 11.9. The van der Waals surface area contributed by atoms with E-state index in [9.17, 15) is 8.78 Å². The van der Waals surface area contributed by atoms with Gasteiger partial charge in [0.25, 0.3) is 0 Å². The van der Waals surface area contributed by atoms with Gasteiger partial charge in [-0.3, -0.25) is 0 Å². The first kappa shape index (κ1) is 22.3. The number of ether oxygens (including phenoxy) is 1. The smallest absolute Gasteiger partial charge is 0.387 e. The van der Waals surface area contributed by atoms with Crippen LogP contribution in [0.15, 0.2) is 30.3 Å². The predicted molar refractivity (Wildman–Crippen MR) is 117 cm³/mol. The molecule has 0 heterocycles. The third-order valence-electron chi connectivity index (χ3n) is 7.18. The highest BCUT2D eigenvalue weighted by Crippen LogP contribution is 2.42. The molecule has 0 aromatic heterocycles. The van der Waals surface area contributed by atoms with Crippen molar-refractivity contribution in [3.8, 4) is 5.75 Å². The van der Waals surface area contributed by atoms with Crippen molar-refractivity contribution in [3.05, 3.63) is 35.9 Å². The molecule has 1 unspecified atom stereocenters. The normalized spacial score (nSPS) is 25.1. The van der Waals surface area contributed by atoms with Gasteiger partial charge in [-0.25, -0.2) is 0 Å². The molecule has 0 saturated heterocycles. The average molecular weight is 405 g/mol. The highest BCUT2D eigenvalue weighted by Gasteiger charge is 2.28. The second kappa shape index (κ2) is 11.7. The maximum Gasteiger partial charge on any atom is 0.387 e. The van der Waals surface area contributed by atoms with Gasteiger partial charge < -0.3 is 4.74 Å². The lowest BCUT2D eigenvalue weighted by atomic mass is 9.70. The summed E-state index contributed by atoms with van der Waals surface area (Å²) in [4.78, 5) is 0. The zero-order valence-corrected chi connectivity index (χ0v) is 18.1. The third-order valence-corrected chi connectivity index (χ3v) is 7.18. The molecule has 1 atom stereocenters. The largest absolute Gasteiger partial charge is 0.435 e. The topological polar surface area (TPSA) is 9.23 Å². The van der Waals surface area contributed by atoms with Gasteiger partial charge in [0.05, 0.1) is 0 Å². The van der Waals surface area contributed by atoms with Crippen LogP contribution in [0.2, 0.25) is 0 Å². The summed E-state index contributed by atoms with van der Waals surface area (Å²) in [5.74, 6) is 2.97. The summed E-state index contributed by atoms with van der Waals surface area (Å²) in [6, 6.07) is 7.13. The lowest BCUT2D eigenvalue weighted by Gasteiger charge is -2.35. The van der Waals surface area contributed by atoms with E-state index in [2.05, 4.69) is 17.7 Å². The van der Waals surface area contributed by atoms with Crippen molar-refractivity contribution in [2.75, 3.05) is 0 Å². The highest BCUT2D eigenvalue weighted by molar-refractivity contribution is 5.66. The van der Waals surface area contributed by atoms with Crippen molar-refractivity contribution >= 4 is 5.57 Å². The molecule has 0 bridgehead atoms. The standard InChI is InChI=1S/C26H38F2O/c1-2-3-4-5-6-7-20-8-10-21(11-9-20)22-12-14-23(15-13-22)24-16-18-25(19-17-24)29-26(27)28/h14,16-22,26H,2-13,15H2,1H3/t20-,21-,22?. The van der Waals surface area contributed by atoms with Crippen LogP contribution < -0.4 is 4.74 Å². The molecule has 1 fully saturated rings. The molecule has 2 aliphatic rings. The van der Waals surface area contributed by atoms with E-state index >= 15 is 0 Å². The Kier molecular flexibility index (Phi) is 9.01.